The van der Waals surface area contributed by atoms with E-state index in [1.54, 1.807) is 6.08 Å². The van der Waals surface area contributed by atoms with E-state index in [1.165, 1.54) is 302 Å². The Kier molecular flexibility index (Phi) is 55.7. The van der Waals surface area contributed by atoms with Crippen LogP contribution in [-0.4, -0.2) is 34.9 Å². The monoisotopic (exact) mass is 902 g/mol. The standard InChI is InChI=1S/C60H119NO3/c1-3-5-7-9-11-13-15-17-18-19-20-21-22-23-24-25-26-27-28-29-30-31-32-33-34-35-36-37-38-39-40-41-42-43-44-46-48-50-52-54-56-60(64)61-58(57-62)59(63)55-53-51-49-47-45-16-14-12-10-8-6-4-2/h53,55,58-59,62-63H,3-52,54,56-57H2,1-2H3,(H,61,64)/b55-53+. The van der Waals surface area contributed by atoms with E-state index in [1.807, 2.05) is 6.08 Å². The van der Waals surface area contributed by atoms with Gasteiger partial charge in [0.05, 0.1) is 18.8 Å². The Labute approximate surface area is 403 Å². The van der Waals surface area contributed by atoms with E-state index in [-0.39, 0.29) is 12.5 Å². The highest BCUT2D eigenvalue weighted by Gasteiger charge is 2.18. The van der Waals surface area contributed by atoms with E-state index < -0.39 is 12.1 Å². The van der Waals surface area contributed by atoms with Crippen LogP contribution in [0.4, 0.5) is 0 Å². The molecule has 1 amide bonds. The van der Waals surface area contributed by atoms with Crippen molar-refractivity contribution in [2.45, 2.75) is 360 Å². The number of unbranched alkanes of at least 4 members (excludes halogenated alkanes) is 49. The number of aliphatic hydroxyl groups excluding tert-OH is 2. The van der Waals surface area contributed by atoms with Crippen molar-refractivity contribution in [3.63, 3.8) is 0 Å². The Balaban J connectivity index is 3.31. The predicted molar refractivity (Wildman–Crippen MR) is 286 cm³/mol. The Bertz CT molecular complexity index is 890. The number of amides is 1. The number of rotatable bonds is 56. The van der Waals surface area contributed by atoms with E-state index >= 15 is 0 Å². The number of hydrogen-bond donors (Lipinski definition) is 3. The number of allylic oxidation sites excluding steroid dienone is 1. The van der Waals surface area contributed by atoms with Crippen LogP contribution in [0, 0.1) is 0 Å². The summed E-state index contributed by atoms with van der Waals surface area (Å²) in [5.74, 6) is -0.0575. The van der Waals surface area contributed by atoms with E-state index in [0.29, 0.717) is 6.42 Å². The molecule has 4 heteroatoms. The lowest BCUT2D eigenvalue weighted by Crippen LogP contribution is -2.45. The fraction of sp³-hybridized carbons (Fsp3) is 0.950. The maximum Gasteiger partial charge on any atom is 0.220 e. The molecule has 0 saturated heterocycles. The van der Waals surface area contributed by atoms with Gasteiger partial charge in [0.1, 0.15) is 0 Å². The van der Waals surface area contributed by atoms with Gasteiger partial charge in [0, 0.05) is 6.42 Å². The maximum atomic E-state index is 12.4. The fourth-order valence-corrected chi connectivity index (χ4v) is 9.71. The van der Waals surface area contributed by atoms with Gasteiger partial charge in [-0.05, 0) is 19.3 Å². The second-order valence-corrected chi connectivity index (χ2v) is 20.8. The molecule has 0 fully saturated rings. The molecule has 0 heterocycles. The summed E-state index contributed by atoms with van der Waals surface area (Å²) in [6, 6.07) is -0.617. The molecule has 0 spiro atoms. The maximum absolute atomic E-state index is 12.4. The lowest BCUT2D eigenvalue weighted by atomic mass is 10.0. The fourth-order valence-electron chi connectivity index (χ4n) is 9.71. The van der Waals surface area contributed by atoms with Gasteiger partial charge in [0.2, 0.25) is 5.91 Å². The molecule has 0 bridgehead atoms. The van der Waals surface area contributed by atoms with E-state index in [4.69, 9.17) is 0 Å². The first-order valence-electron chi connectivity index (χ1n) is 29.9. The summed E-state index contributed by atoms with van der Waals surface area (Å²) in [6.07, 6.45) is 74.2. The van der Waals surface area contributed by atoms with Crippen LogP contribution in [0.25, 0.3) is 0 Å². The minimum Gasteiger partial charge on any atom is -0.394 e. The van der Waals surface area contributed by atoms with Crippen LogP contribution in [0.5, 0.6) is 0 Å². The van der Waals surface area contributed by atoms with Gasteiger partial charge in [0.25, 0.3) is 0 Å². The summed E-state index contributed by atoms with van der Waals surface area (Å²) >= 11 is 0. The van der Waals surface area contributed by atoms with Crippen molar-refractivity contribution in [1.82, 2.24) is 5.32 Å². The summed E-state index contributed by atoms with van der Waals surface area (Å²) < 4.78 is 0. The van der Waals surface area contributed by atoms with Crippen molar-refractivity contribution >= 4 is 5.91 Å². The molecule has 2 unspecified atom stereocenters. The van der Waals surface area contributed by atoms with Crippen LogP contribution < -0.4 is 5.32 Å². The highest BCUT2D eigenvalue weighted by molar-refractivity contribution is 5.76. The number of carbonyl (C=O) groups excluding carboxylic acids is 1. The average Bonchev–Trinajstić information content (AvgIpc) is 3.30. The topological polar surface area (TPSA) is 69.6 Å². The van der Waals surface area contributed by atoms with E-state index in [2.05, 4.69) is 19.2 Å². The lowest BCUT2D eigenvalue weighted by Gasteiger charge is -2.20. The lowest BCUT2D eigenvalue weighted by molar-refractivity contribution is -0.123. The molecule has 0 aliphatic carbocycles. The summed E-state index contributed by atoms with van der Waals surface area (Å²) in [4.78, 5) is 12.4. The zero-order valence-electron chi connectivity index (χ0n) is 44.1. The molecule has 3 N–H and O–H groups in total. The van der Waals surface area contributed by atoms with Crippen molar-refractivity contribution in [2.24, 2.45) is 0 Å². The van der Waals surface area contributed by atoms with Gasteiger partial charge in [-0.1, -0.05) is 334 Å². The molecule has 0 aromatic heterocycles. The molecule has 2 atom stereocenters. The summed E-state index contributed by atoms with van der Waals surface area (Å²) in [5.41, 5.74) is 0. The smallest absolute Gasteiger partial charge is 0.220 e. The van der Waals surface area contributed by atoms with Crippen molar-refractivity contribution < 1.29 is 15.0 Å². The first kappa shape index (κ1) is 63.1. The first-order valence-corrected chi connectivity index (χ1v) is 29.9. The highest BCUT2D eigenvalue weighted by atomic mass is 16.3. The third kappa shape index (κ3) is 52.1. The van der Waals surface area contributed by atoms with Crippen LogP contribution >= 0.6 is 0 Å². The number of aliphatic hydroxyl groups is 2. The molecule has 0 aromatic rings. The number of carbonyl (C=O) groups is 1. The van der Waals surface area contributed by atoms with Gasteiger partial charge >= 0.3 is 0 Å². The molecular formula is C60H119NO3. The molecule has 382 valence electrons. The normalized spacial score (nSPS) is 12.8. The Morgan fingerprint density at radius 1 is 0.359 bits per heavy atom. The second-order valence-electron chi connectivity index (χ2n) is 20.8. The van der Waals surface area contributed by atoms with Crippen molar-refractivity contribution in [3.05, 3.63) is 12.2 Å². The van der Waals surface area contributed by atoms with Crippen molar-refractivity contribution in [1.29, 1.82) is 0 Å². The summed E-state index contributed by atoms with van der Waals surface area (Å²) in [6.45, 7) is 4.33. The van der Waals surface area contributed by atoms with Gasteiger partial charge in [-0.2, -0.15) is 0 Å². The van der Waals surface area contributed by atoms with Crippen LogP contribution in [0.1, 0.15) is 348 Å². The quantitative estimate of drug-likeness (QED) is 0.0421. The van der Waals surface area contributed by atoms with Crippen LogP contribution in [0.2, 0.25) is 0 Å². The molecule has 0 rings (SSSR count). The number of nitrogens with one attached hydrogen (secondary N) is 1. The van der Waals surface area contributed by atoms with Crippen LogP contribution in [0.15, 0.2) is 12.2 Å². The van der Waals surface area contributed by atoms with Gasteiger partial charge in [-0.3, -0.25) is 4.79 Å². The van der Waals surface area contributed by atoms with E-state index in [0.717, 1.165) is 25.7 Å². The SMILES string of the molecule is CCCCCCCCCCCC/C=C/C(O)C(CO)NC(=O)CCCCCCCCCCCCCCCCCCCCCCCCCCCCCCCCCCCCCCCCCC. The molecule has 0 saturated carbocycles. The van der Waals surface area contributed by atoms with Gasteiger partial charge in [0.15, 0.2) is 0 Å². The zero-order valence-corrected chi connectivity index (χ0v) is 44.1. The Morgan fingerprint density at radius 2 is 0.578 bits per heavy atom. The summed E-state index contributed by atoms with van der Waals surface area (Å²) in [7, 11) is 0. The third-order valence-electron chi connectivity index (χ3n) is 14.3. The van der Waals surface area contributed by atoms with Gasteiger partial charge < -0.3 is 15.5 Å². The van der Waals surface area contributed by atoms with Crippen LogP contribution in [-0.2, 0) is 4.79 Å². The first-order chi connectivity index (χ1) is 31.7. The minimum atomic E-state index is -0.834. The second kappa shape index (κ2) is 56.5. The predicted octanol–water partition coefficient (Wildman–Crippen LogP) is 19.7. The zero-order chi connectivity index (χ0) is 46.3. The molecule has 64 heavy (non-hydrogen) atoms. The van der Waals surface area contributed by atoms with E-state index in [9.17, 15) is 15.0 Å². The molecule has 0 aliphatic heterocycles. The third-order valence-corrected chi connectivity index (χ3v) is 14.3. The van der Waals surface area contributed by atoms with Crippen molar-refractivity contribution in [3.8, 4) is 0 Å². The Morgan fingerprint density at radius 3 is 0.812 bits per heavy atom. The highest BCUT2D eigenvalue weighted by Crippen LogP contribution is 2.18. The Hall–Kier alpha value is -0.870. The minimum absolute atomic E-state index is 0.0575. The molecule has 0 aromatic carbocycles. The molecule has 4 nitrogen and oxygen atoms in total. The largest absolute Gasteiger partial charge is 0.394 e. The number of hydrogen-bond acceptors (Lipinski definition) is 3. The molecular weight excluding hydrogens is 783 g/mol. The molecule has 0 aliphatic rings. The molecule has 0 radical (unpaired) electrons. The van der Waals surface area contributed by atoms with Gasteiger partial charge in [-0.15, -0.1) is 0 Å². The van der Waals surface area contributed by atoms with Gasteiger partial charge in [-0.25, -0.2) is 0 Å². The van der Waals surface area contributed by atoms with Crippen molar-refractivity contribution in [2.75, 3.05) is 6.61 Å². The van der Waals surface area contributed by atoms with Crippen LogP contribution in [0.3, 0.4) is 0 Å². The average molecular weight is 903 g/mol. The summed E-state index contributed by atoms with van der Waals surface area (Å²) in [5, 5.41) is 23.1.